The van der Waals surface area contributed by atoms with Crippen LogP contribution in [0.4, 0.5) is 0 Å². The molecule has 1 aliphatic rings. The Bertz CT molecular complexity index is 201. The molecule has 5 nitrogen and oxygen atoms in total. The molecule has 1 N–H and O–H groups in total. The molecule has 1 aliphatic heterocycles. The molecule has 1 rings (SSSR count). The van der Waals surface area contributed by atoms with Gasteiger partial charge in [0.15, 0.2) is 0 Å². The molecule has 1 heterocycles. The number of nitrogens with one attached hydrogen (secondary N) is 1. The molecule has 0 aliphatic carbocycles. The van der Waals surface area contributed by atoms with Gasteiger partial charge >= 0.3 is 51.4 Å². The molecule has 0 spiro atoms. The van der Waals surface area contributed by atoms with Gasteiger partial charge in [-0.1, -0.05) is 0 Å². The smallest absolute Gasteiger partial charge is 0.846 e. The van der Waals surface area contributed by atoms with Gasteiger partial charge in [-0.05, 0) is 0 Å². The zero-order valence-electron chi connectivity index (χ0n) is 5.38. The molecule has 0 fully saturated rings. The van der Waals surface area contributed by atoms with Crippen molar-refractivity contribution >= 4 is 17.8 Å². The Morgan fingerprint density at radius 1 is 1.50 bits per heavy atom. The fourth-order valence-corrected chi connectivity index (χ4v) is 0.482. The van der Waals surface area contributed by atoms with Crippen molar-refractivity contribution in [3.63, 3.8) is 0 Å². The minimum Gasteiger partial charge on any atom is -0.846 e. The van der Waals surface area contributed by atoms with Crippen molar-refractivity contribution in [2.24, 2.45) is 4.99 Å². The van der Waals surface area contributed by atoms with Crippen LogP contribution in [0.25, 0.3) is 0 Å². The Morgan fingerprint density at radius 3 is 2.50 bits per heavy atom. The first-order chi connectivity index (χ1) is 4.18. The standard InChI is InChI=1S/C4H4N2O3.K/c7-2-1-3(8)6-4(9)5-2;/h1H2,(H2,5,6,7,8,9);/q;+1/p-1. The van der Waals surface area contributed by atoms with Crippen molar-refractivity contribution in [3.8, 4) is 0 Å². The molecule has 0 aromatic carbocycles. The number of nitrogens with zero attached hydrogens (tertiary/aromatic N) is 1. The quantitative estimate of drug-likeness (QED) is 0.288. The van der Waals surface area contributed by atoms with Gasteiger partial charge in [0.25, 0.3) is 5.91 Å². The van der Waals surface area contributed by atoms with Crippen molar-refractivity contribution in [2.75, 3.05) is 0 Å². The van der Waals surface area contributed by atoms with Crippen LogP contribution in [0.5, 0.6) is 0 Å². The van der Waals surface area contributed by atoms with Crippen LogP contribution in [-0.2, 0) is 9.59 Å². The summed E-state index contributed by atoms with van der Waals surface area (Å²) >= 11 is 0. The van der Waals surface area contributed by atoms with Gasteiger partial charge in [0.1, 0.15) is 6.42 Å². The molecule has 0 atom stereocenters. The predicted octanol–water partition coefficient (Wildman–Crippen LogP) is -5.25. The Morgan fingerprint density at radius 2 is 2.10 bits per heavy atom. The van der Waals surface area contributed by atoms with Crippen LogP contribution < -0.4 is 61.8 Å². The number of amidine groups is 1. The molecule has 6 heteroatoms. The fourth-order valence-electron chi connectivity index (χ4n) is 0.482. The van der Waals surface area contributed by atoms with Crippen LogP contribution >= 0.6 is 0 Å². The molecule has 0 saturated carbocycles. The number of rotatable bonds is 0. The summed E-state index contributed by atoms with van der Waals surface area (Å²) in [5.41, 5.74) is 0. The average Bonchev–Trinajstić information content (AvgIpc) is 1.59. The van der Waals surface area contributed by atoms with E-state index in [0.717, 1.165) is 0 Å². The van der Waals surface area contributed by atoms with Crippen molar-refractivity contribution in [2.45, 2.75) is 6.42 Å². The van der Waals surface area contributed by atoms with E-state index in [9.17, 15) is 14.7 Å². The second-order valence-electron chi connectivity index (χ2n) is 1.54. The zero-order valence-corrected chi connectivity index (χ0v) is 8.50. The third-order valence-corrected chi connectivity index (χ3v) is 0.784. The first-order valence-electron chi connectivity index (χ1n) is 2.27. The number of carbonyl (C=O) groups excluding carboxylic acids is 2. The van der Waals surface area contributed by atoms with Gasteiger partial charge in [0.2, 0.25) is 5.91 Å². The van der Waals surface area contributed by atoms with Crippen LogP contribution in [0, 0.1) is 0 Å². The topological polar surface area (TPSA) is 81.6 Å². The normalized spacial score (nSPS) is 17.0. The monoisotopic (exact) mass is 166 g/mol. The van der Waals surface area contributed by atoms with E-state index in [1.165, 1.54) is 0 Å². The van der Waals surface area contributed by atoms with Crippen molar-refractivity contribution in [1.82, 2.24) is 5.32 Å². The minimum atomic E-state index is -0.865. The van der Waals surface area contributed by atoms with E-state index in [4.69, 9.17) is 0 Å². The van der Waals surface area contributed by atoms with E-state index in [0.29, 0.717) is 0 Å². The number of hydrogen-bond donors (Lipinski definition) is 1. The van der Waals surface area contributed by atoms with Crippen molar-refractivity contribution in [3.05, 3.63) is 0 Å². The first kappa shape index (κ1) is 10.2. The van der Waals surface area contributed by atoms with Gasteiger partial charge in [-0.25, -0.2) is 4.99 Å². The first-order valence-corrected chi connectivity index (χ1v) is 2.27. The number of amides is 2. The summed E-state index contributed by atoms with van der Waals surface area (Å²) in [6.07, 6.45) is -0.314. The number of hydrogen-bond acceptors (Lipinski definition) is 3. The van der Waals surface area contributed by atoms with Crippen LogP contribution in [0.1, 0.15) is 6.42 Å². The minimum absolute atomic E-state index is 0. The van der Waals surface area contributed by atoms with Gasteiger partial charge in [0.05, 0.1) is 6.02 Å². The molecule has 48 valence electrons. The maximum absolute atomic E-state index is 10.3. The van der Waals surface area contributed by atoms with Gasteiger partial charge in [-0.2, -0.15) is 0 Å². The van der Waals surface area contributed by atoms with Crippen LogP contribution in [0.15, 0.2) is 4.99 Å². The summed E-state index contributed by atoms with van der Waals surface area (Å²) < 4.78 is 0. The molecule has 10 heavy (non-hydrogen) atoms. The predicted molar refractivity (Wildman–Crippen MR) is 25.2 cm³/mol. The molecule has 0 radical (unpaired) electrons. The molecule has 0 bridgehead atoms. The van der Waals surface area contributed by atoms with Gasteiger partial charge in [-0.15, -0.1) is 0 Å². The molecular weight excluding hydrogens is 163 g/mol. The second-order valence-corrected chi connectivity index (χ2v) is 1.54. The summed E-state index contributed by atoms with van der Waals surface area (Å²) in [7, 11) is 0. The van der Waals surface area contributed by atoms with Gasteiger partial charge in [0, 0.05) is 0 Å². The van der Waals surface area contributed by atoms with Crippen LogP contribution in [0.2, 0.25) is 0 Å². The van der Waals surface area contributed by atoms with E-state index in [1.54, 1.807) is 0 Å². The third-order valence-electron chi connectivity index (χ3n) is 0.784. The van der Waals surface area contributed by atoms with E-state index < -0.39 is 17.8 Å². The molecule has 0 aromatic heterocycles. The molecule has 2 amide bonds. The van der Waals surface area contributed by atoms with Crippen LogP contribution in [-0.4, -0.2) is 17.8 Å². The molecule has 0 saturated heterocycles. The van der Waals surface area contributed by atoms with E-state index in [-0.39, 0.29) is 57.8 Å². The van der Waals surface area contributed by atoms with Gasteiger partial charge in [-0.3, -0.25) is 9.59 Å². The average molecular weight is 166 g/mol. The van der Waals surface area contributed by atoms with E-state index >= 15 is 0 Å². The molecule has 0 aromatic rings. The van der Waals surface area contributed by atoms with Crippen LogP contribution in [0.3, 0.4) is 0 Å². The fraction of sp³-hybridized carbons (Fsp3) is 0.250. The molecule has 0 unspecified atom stereocenters. The van der Waals surface area contributed by atoms with Crippen molar-refractivity contribution < 1.29 is 66.1 Å². The SMILES string of the molecule is O=C1CC(=O)NC([O-])=N1.[K+]. The maximum atomic E-state index is 10.3. The number of carbonyl (C=O) groups is 2. The summed E-state index contributed by atoms with van der Waals surface area (Å²) in [6, 6.07) is -0.865. The van der Waals surface area contributed by atoms with Gasteiger partial charge < -0.3 is 10.4 Å². The third kappa shape index (κ3) is 2.89. The second kappa shape index (κ2) is 4.19. The van der Waals surface area contributed by atoms with E-state index in [1.807, 2.05) is 5.32 Å². The summed E-state index contributed by atoms with van der Waals surface area (Å²) in [5, 5.41) is 12.0. The largest absolute Gasteiger partial charge is 1.00 e. The Balaban J connectivity index is 0.000000810. The summed E-state index contributed by atoms with van der Waals surface area (Å²) in [5.74, 6) is -1.26. The number of aliphatic imine (C=N–C) groups is 1. The Hall–Kier alpha value is 0.246. The molecular formula is C4H3KN2O3. The Kier molecular flexibility index (Phi) is 4.30. The van der Waals surface area contributed by atoms with Crippen molar-refractivity contribution in [1.29, 1.82) is 0 Å². The Labute approximate surface area is 99.3 Å². The summed E-state index contributed by atoms with van der Waals surface area (Å²) in [6.45, 7) is 0. The summed E-state index contributed by atoms with van der Waals surface area (Å²) in [4.78, 5) is 23.4. The maximum Gasteiger partial charge on any atom is 1.00 e. The zero-order chi connectivity index (χ0) is 6.85. The van der Waals surface area contributed by atoms with E-state index in [2.05, 4.69) is 4.99 Å².